The van der Waals surface area contributed by atoms with Crippen LogP contribution in [0.25, 0.3) is 0 Å². The second-order valence-electron chi connectivity index (χ2n) is 8.70. The van der Waals surface area contributed by atoms with E-state index < -0.39 is 5.82 Å². The first-order valence-corrected chi connectivity index (χ1v) is 10.2. The zero-order chi connectivity index (χ0) is 20.6. The summed E-state index contributed by atoms with van der Waals surface area (Å²) in [5.41, 5.74) is -0.199. The molecule has 5 rings (SSSR count). The van der Waals surface area contributed by atoms with Crippen molar-refractivity contribution in [2.24, 2.45) is 5.41 Å². The summed E-state index contributed by atoms with van der Waals surface area (Å²) in [5, 5.41) is 3.00. The van der Waals surface area contributed by atoms with Gasteiger partial charge in [0.15, 0.2) is 12.4 Å². The Kier molecular flexibility index (Phi) is 5.57. The summed E-state index contributed by atoms with van der Waals surface area (Å²) < 4.78 is 29.5. The van der Waals surface area contributed by atoms with Gasteiger partial charge in [0.05, 0.1) is 17.2 Å². The van der Waals surface area contributed by atoms with Crippen LogP contribution in [-0.2, 0) is 19.1 Å². The van der Waals surface area contributed by atoms with Gasteiger partial charge < -0.3 is 19.5 Å². The molecule has 29 heavy (non-hydrogen) atoms. The number of amides is 1. The highest BCUT2D eigenvalue weighted by molar-refractivity contribution is 6.30. The standard InChI is InChI=1S/C21H25ClFNO5/c1-27-15-4-16(5-15)28-8-13(25)7-20-10-21(11-20,12-20)24-19(26)9-29-14-2-3-17(22)18(23)6-14/h2-3,6,15-16H,4-5,7-12H2,1H3,(H,24,26). The van der Waals surface area contributed by atoms with Crippen LogP contribution in [0.1, 0.15) is 38.5 Å². The molecule has 2 bridgehead atoms. The topological polar surface area (TPSA) is 73.9 Å². The molecule has 4 fully saturated rings. The maximum atomic E-state index is 13.4. The molecule has 0 atom stereocenters. The first-order chi connectivity index (χ1) is 13.8. The summed E-state index contributed by atoms with van der Waals surface area (Å²) in [4.78, 5) is 24.3. The van der Waals surface area contributed by atoms with Crippen LogP contribution in [0, 0.1) is 11.2 Å². The number of hydrogen-bond acceptors (Lipinski definition) is 5. The summed E-state index contributed by atoms with van der Waals surface area (Å²) in [6.45, 7) is -0.0276. The van der Waals surface area contributed by atoms with E-state index in [4.69, 9.17) is 25.8 Å². The van der Waals surface area contributed by atoms with Crippen LogP contribution in [0.2, 0.25) is 5.02 Å². The molecule has 158 valence electrons. The summed E-state index contributed by atoms with van der Waals surface area (Å²) in [6, 6.07) is 4.05. The van der Waals surface area contributed by atoms with Gasteiger partial charge in [0.2, 0.25) is 0 Å². The molecule has 6 nitrogen and oxygen atoms in total. The number of carbonyl (C=O) groups is 2. The molecular weight excluding hydrogens is 401 g/mol. The van der Waals surface area contributed by atoms with Gasteiger partial charge in [-0.3, -0.25) is 9.59 Å². The van der Waals surface area contributed by atoms with Crippen molar-refractivity contribution in [2.45, 2.75) is 56.3 Å². The van der Waals surface area contributed by atoms with Crippen molar-refractivity contribution in [3.05, 3.63) is 29.0 Å². The van der Waals surface area contributed by atoms with Crippen LogP contribution in [0.5, 0.6) is 5.75 Å². The zero-order valence-electron chi connectivity index (χ0n) is 16.3. The summed E-state index contributed by atoms with van der Waals surface area (Å²) in [6.07, 6.45) is 5.04. The number of Topliss-reactive ketones (excluding diaryl/α,β-unsaturated/α-hetero) is 1. The molecule has 0 heterocycles. The molecule has 1 aromatic carbocycles. The monoisotopic (exact) mass is 425 g/mol. The van der Waals surface area contributed by atoms with Crippen molar-refractivity contribution < 1.29 is 28.2 Å². The van der Waals surface area contributed by atoms with Gasteiger partial charge in [-0.15, -0.1) is 0 Å². The number of carbonyl (C=O) groups excluding carboxylic acids is 2. The first-order valence-electron chi connectivity index (χ1n) is 9.85. The lowest BCUT2D eigenvalue weighted by Gasteiger charge is -2.70. The molecule has 0 saturated heterocycles. The Morgan fingerprint density at radius 3 is 2.59 bits per heavy atom. The van der Waals surface area contributed by atoms with E-state index in [2.05, 4.69) is 5.32 Å². The summed E-state index contributed by atoms with van der Waals surface area (Å²) in [5.74, 6) is -0.458. The van der Waals surface area contributed by atoms with Gasteiger partial charge in [-0.2, -0.15) is 0 Å². The van der Waals surface area contributed by atoms with Crippen LogP contribution >= 0.6 is 11.6 Å². The lowest BCUT2D eigenvalue weighted by Crippen LogP contribution is -2.75. The van der Waals surface area contributed by atoms with Crippen LogP contribution in [0.4, 0.5) is 4.39 Å². The Labute approximate surface area is 174 Å². The van der Waals surface area contributed by atoms with Crippen LogP contribution in [-0.4, -0.2) is 49.8 Å². The molecule has 1 aromatic rings. The highest BCUT2D eigenvalue weighted by Crippen LogP contribution is 2.69. The molecule has 8 heteroatoms. The van der Waals surface area contributed by atoms with E-state index in [0.717, 1.165) is 38.2 Å². The Balaban J connectivity index is 1.13. The summed E-state index contributed by atoms with van der Waals surface area (Å²) >= 11 is 5.62. The van der Waals surface area contributed by atoms with E-state index in [1.807, 2.05) is 0 Å². The van der Waals surface area contributed by atoms with E-state index in [0.29, 0.717) is 6.42 Å². The van der Waals surface area contributed by atoms with Crippen LogP contribution in [0.15, 0.2) is 18.2 Å². The average Bonchev–Trinajstić information content (AvgIpc) is 2.58. The number of ether oxygens (including phenoxy) is 3. The third kappa shape index (κ3) is 4.42. The molecule has 4 saturated carbocycles. The molecular formula is C21H25ClFNO5. The van der Waals surface area contributed by atoms with E-state index in [-0.39, 0.29) is 58.8 Å². The Bertz CT molecular complexity index is 790. The minimum absolute atomic E-state index is 0.00720. The Morgan fingerprint density at radius 1 is 1.21 bits per heavy atom. The largest absolute Gasteiger partial charge is 0.484 e. The number of methoxy groups -OCH3 is 1. The molecule has 0 aromatic heterocycles. The van der Waals surface area contributed by atoms with E-state index in [1.165, 1.54) is 12.1 Å². The van der Waals surface area contributed by atoms with Crippen molar-refractivity contribution >= 4 is 23.3 Å². The highest BCUT2D eigenvalue weighted by atomic mass is 35.5. The normalized spacial score (nSPS) is 31.8. The Hall–Kier alpha value is -1.70. The number of rotatable bonds is 10. The second-order valence-corrected chi connectivity index (χ2v) is 9.11. The molecule has 0 aliphatic heterocycles. The van der Waals surface area contributed by atoms with E-state index in [9.17, 15) is 14.0 Å². The molecule has 1 amide bonds. The van der Waals surface area contributed by atoms with Gasteiger partial charge >= 0.3 is 0 Å². The van der Waals surface area contributed by atoms with E-state index in [1.54, 1.807) is 7.11 Å². The molecule has 0 unspecified atom stereocenters. The third-order valence-corrected chi connectivity index (χ3v) is 6.55. The fourth-order valence-corrected chi connectivity index (χ4v) is 5.01. The maximum Gasteiger partial charge on any atom is 0.258 e. The minimum Gasteiger partial charge on any atom is -0.484 e. The van der Waals surface area contributed by atoms with Crippen molar-refractivity contribution in [2.75, 3.05) is 20.3 Å². The van der Waals surface area contributed by atoms with Gasteiger partial charge in [-0.25, -0.2) is 4.39 Å². The molecule has 1 N–H and O–H groups in total. The molecule has 4 aliphatic rings. The smallest absolute Gasteiger partial charge is 0.258 e. The number of nitrogens with one attached hydrogen (secondary N) is 1. The lowest BCUT2D eigenvalue weighted by atomic mass is 9.38. The summed E-state index contributed by atoms with van der Waals surface area (Å²) in [7, 11) is 1.69. The lowest BCUT2D eigenvalue weighted by molar-refractivity contribution is -0.176. The third-order valence-electron chi connectivity index (χ3n) is 6.24. The number of halogens is 2. The van der Waals surface area contributed by atoms with Crippen molar-refractivity contribution in [3.8, 4) is 5.75 Å². The minimum atomic E-state index is -0.588. The van der Waals surface area contributed by atoms with Gasteiger partial charge in [0.25, 0.3) is 5.91 Å². The van der Waals surface area contributed by atoms with Crippen molar-refractivity contribution in [1.29, 1.82) is 0 Å². The van der Waals surface area contributed by atoms with Crippen LogP contribution < -0.4 is 10.1 Å². The first kappa shape index (κ1) is 20.6. The zero-order valence-corrected chi connectivity index (χ0v) is 17.1. The fraction of sp³-hybridized carbons (Fsp3) is 0.619. The van der Waals surface area contributed by atoms with Crippen molar-refractivity contribution in [3.63, 3.8) is 0 Å². The fourth-order valence-electron chi connectivity index (χ4n) is 4.89. The van der Waals surface area contributed by atoms with Gasteiger partial charge in [-0.05, 0) is 49.7 Å². The maximum absolute atomic E-state index is 13.4. The number of hydrogen-bond donors (Lipinski definition) is 1. The quantitative estimate of drug-likeness (QED) is 0.623. The number of benzene rings is 1. The Morgan fingerprint density at radius 2 is 1.93 bits per heavy atom. The van der Waals surface area contributed by atoms with Gasteiger partial charge in [0, 0.05) is 25.1 Å². The highest BCUT2D eigenvalue weighted by Gasteiger charge is 2.68. The molecule has 0 radical (unpaired) electrons. The van der Waals surface area contributed by atoms with Crippen LogP contribution in [0.3, 0.4) is 0 Å². The predicted octanol–water partition coefficient (Wildman–Crippen LogP) is 3.05. The predicted molar refractivity (Wildman–Crippen MR) is 103 cm³/mol. The van der Waals surface area contributed by atoms with Gasteiger partial charge in [-0.1, -0.05) is 11.6 Å². The SMILES string of the molecule is COC1CC(OCC(=O)CC23CC(NC(=O)COc4ccc(Cl)c(F)c4)(C2)C3)C1. The average molecular weight is 426 g/mol. The van der Waals surface area contributed by atoms with Crippen molar-refractivity contribution in [1.82, 2.24) is 5.32 Å². The van der Waals surface area contributed by atoms with E-state index >= 15 is 0 Å². The number of ketones is 1. The molecule has 4 aliphatic carbocycles. The molecule has 0 spiro atoms. The van der Waals surface area contributed by atoms with Gasteiger partial charge in [0.1, 0.15) is 18.2 Å². The second kappa shape index (κ2) is 7.85.